The van der Waals surface area contributed by atoms with E-state index in [0.29, 0.717) is 17.8 Å². The summed E-state index contributed by atoms with van der Waals surface area (Å²) in [5, 5.41) is 13.2. The number of hydrogen-bond acceptors (Lipinski definition) is 3. The lowest BCUT2D eigenvalue weighted by Crippen LogP contribution is -2.13. The summed E-state index contributed by atoms with van der Waals surface area (Å²) in [6.07, 6.45) is -0.663. The number of rotatable bonds is 5. The SMILES string of the molecule is COc1ccc(C(O)CNc2cccc(F)c2C)cc1. The number of aliphatic hydroxyl groups is 1. The first-order chi connectivity index (χ1) is 9.61. The van der Waals surface area contributed by atoms with Crippen LogP contribution in [0.5, 0.6) is 5.75 Å². The van der Waals surface area contributed by atoms with E-state index < -0.39 is 6.10 Å². The predicted molar refractivity (Wildman–Crippen MR) is 77.6 cm³/mol. The van der Waals surface area contributed by atoms with Crippen molar-refractivity contribution < 1.29 is 14.2 Å². The first kappa shape index (κ1) is 14.3. The highest BCUT2D eigenvalue weighted by Crippen LogP contribution is 2.21. The second-order valence-electron chi connectivity index (χ2n) is 4.58. The van der Waals surface area contributed by atoms with Crippen molar-refractivity contribution in [1.29, 1.82) is 0 Å². The Labute approximate surface area is 118 Å². The van der Waals surface area contributed by atoms with Gasteiger partial charge in [0.05, 0.1) is 13.2 Å². The topological polar surface area (TPSA) is 41.5 Å². The van der Waals surface area contributed by atoms with Gasteiger partial charge in [0.1, 0.15) is 11.6 Å². The number of methoxy groups -OCH3 is 1. The summed E-state index contributed by atoms with van der Waals surface area (Å²) < 4.78 is 18.5. The molecule has 0 radical (unpaired) electrons. The fraction of sp³-hybridized carbons (Fsp3) is 0.250. The van der Waals surface area contributed by atoms with Crippen LogP contribution >= 0.6 is 0 Å². The van der Waals surface area contributed by atoms with Gasteiger partial charge in [-0.2, -0.15) is 0 Å². The van der Waals surface area contributed by atoms with Crippen molar-refractivity contribution in [2.24, 2.45) is 0 Å². The molecule has 20 heavy (non-hydrogen) atoms. The molecule has 2 aromatic rings. The van der Waals surface area contributed by atoms with Gasteiger partial charge in [-0.3, -0.25) is 0 Å². The van der Waals surface area contributed by atoms with Gasteiger partial charge >= 0.3 is 0 Å². The van der Waals surface area contributed by atoms with Crippen molar-refractivity contribution in [3.63, 3.8) is 0 Å². The summed E-state index contributed by atoms with van der Waals surface area (Å²) in [6.45, 7) is 2.02. The maximum atomic E-state index is 13.4. The van der Waals surface area contributed by atoms with E-state index >= 15 is 0 Å². The van der Waals surface area contributed by atoms with Crippen molar-refractivity contribution in [2.75, 3.05) is 19.0 Å². The van der Waals surface area contributed by atoms with Gasteiger partial charge in [0.2, 0.25) is 0 Å². The van der Waals surface area contributed by atoms with E-state index in [1.165, 1.54) is 6.07 Å². The van der Waals surface area contributed by atoms with Crippen LogP contribution in [0.25, 0.3) is 0 Å². The lowest BCUT2D eigenvalue weighted by Gasteiger charge is -2.15. The third kappa shape index (κ3) is 3.27. The first-order valence-corrected chi connectivity index (χ1v) is 6.43. The number of aliphatic hydroxyl groups excluding tert-OH is 1. The van der Waals surface area contributed by atoms with E-state index in [1.807, 2.05) is 12.1 Å². The monoisotopic (exact) mass is 275 g/mol. The summed E-state index contributed by atoms with van der Waals surface area (Å²) in [4.78, 5) is 0. The van der Waals surface area contributed by atoms with Gasteiger partial charge in [0.25, 0.3) is 0 Å². The number of nitrogens with one attached hydrogen (secondary N) is 1. The van der Waals surface area contributed by atoms with Crippen molar-refractivity contribution in [3.8, 4) is 5.75 Å². The van der Waals surface area contributed by atoms with Crippen LogP contribution in [-0.4, -0.2) is 18.8 Å². The summed E-state index contributed by atoms with van der Waals surface area (Å²) in [5.74, 6) is 0.490. The minimum absolute atomic E-state index is 0.256. The largest absolute Gasteiger partial charge is 0.497 e. The molecule has 0 amide bonds. The molecule has 0 aromatic heterocycles. The van der Waals surface area contributed by atoms with Crippen LogP contribution in [0.1, 0.15) is 17.2 Å². The zero-order valence-corrected chi connectivity index (χ0v) is 11.6. The fourth-order valence-corrected chi connectivity index (χ4v) is 1.95. The molecule has 4 heteroatoms. The molecule has 0 saturated carbocycles. The molecule has 0 heterocycles. The molecule has 0 saturated heterocycles. The second-order valence-corrected chi connectivity index (χ2v) is 4.58. The second kappa shape index (κ2) is 6.39. The van der Waals surface area contributed by atoms with Gasteiger partial charge in [-0.1, -0.05) is 18.2 Å². The molecule has 2 aromatic carbocycles. The molecule has 2 N–H and O–H groups in total. The standard InChI is InChI=1S/C16H18FNO2/c1-11-14(17)4-3-5-15(11)18-10-16(19)12-6-8-13(20-2)9-7-12/h3-9,16,18-19H,10H2,1-2H3. The van der Waals surface area contributed by atoms with Crippen LogP contribution in [-0.2, 0) is 0 Å². The highest BCUT2D eigenvalue weighted by molar-refractivity contribution is 5.51. The van der Waals surface area contributed by atoms with E-state index in [-0.39, 0.29) is 5.82 Å². The van der Waals surface area contributed by atoms with Gasteiger partial charge in [-0.15, -0.1) is 0 Å². The zero-order valence-electron chi connectivity index (χ0n) is 11.6. The van der Waals surface area contributed by atoms with E-state index in [1.54, 1.807) is 38.3 Å². The van der Waals surface area contributed by atoms with E-state index in [2.05, 4.69) is 5.32 Å². The average molecular weight is 275 g/mol. The van der Waals surface area contributed by atoms with Gasteiger partial charge in [0.15, 0.2) is 0 Å². The number of benzene rings is 2. The molecule has 106 valence electrons. The van der Waals surface area contributed by atoms with Crippen LogP contribution in [0.3, 0.4) is 0 Å². The van der Waals surface area contributed by atoms with E-state index in [0.717, 1.165) is 11.3 Å². The van der Waals surface area contributed by atoms with Crippen molar-refractivity contribution >= 4 is 5.69 Å². The lowest BCUT2D eigenvalue weighted by molar-refractivity contribution is 0.191. The summed E-state index contributed by atoms with van der Waals surface area (Å²) >= 11 is 0. The van der Waals surface area contributed by atoms with Gasteiger partial charge in [-0.25, -0.2) is 4.39 Å². The normalized spacial score (nSPS) is 12.0. The fourth-order valence-electron chi connectivity index (χ4n) is 1.95. The third-order valence-electron chi connectivity index (χ3n) is 3.25. The highest BCUT2D eigenvalue weighted by Gasteiger charge is 2.09. The van der Waals surface area contributed by atoms with Gasteiger partial charge < -0.3 is 15.2 Å². The molecule has 3 nitrogen and oxygen atoms in total. The predicted octanol–water partition coefficient (Wildman–Crippen LogP) is 3.29. The van der Waals surface area contributed by atoms with Gasteiger partial charge in [-0.05, 0) is 36.8 Å². The summed E-state index contributed by atoms with van der Waals surface area (Å²) in [7, 11) is 1.60. The molecule has 1 unspecified atom stereocenters. The smallest absolute Gasteiger partial charge is 0.128 e. The Morgan fingerprint density at radius 3 is 2.55 bits per heavy atom. The summed E-state index contributed by atoms with van der Waals surface area (Å²) in [6, 6.07) is 12.1. The Hall–Kier alpha value is -2.07. The van der Waals surface area contributed by atoms with Crippen LogP contribution in [0.4, 0.5) is 10.1 Å². The van der Waals surface area contributed by atoms with Crippen molar-refractivity contribution in [1.82, 2.24) is 0 Å². The van der Waals surface area contributed by atoms with Gasteiger partial charge in [0, 0.05) is 17.8 Å². The maximum Gasteiger partial charge on any atom is 0.128 e. The Balaban J connectivity index is 2.00. The Morgan fingerprint density at radius 1 is 1.20 bits per heavy atom. The molecule has 1 atom stereocenters. The number of ether oxygens (including phenoxy) is 1. The van der Waals surface area contributed by atoms with Crippen LogP contribution < -0.4 is 10.1 Å². The Kier molecular flexibility index (Phi) is 4.58. The van der Waals surface area contributed by atoms with Crippen LogP contribution in [0.15, 0.2) is 42.5 Å². The average Bonchev–Trinajstić information content (AvgIpc) is 2.48. The molecule has 0 bridgehead atoms. The molecular formula is C16H18FNO2. The molecular weight excluding hydrogens is 257 g/mol. The Bertz CT molecular complexity index is 569. The number of hydrogen-bond donors (Lipinski definition) is 2. The highest BCUT2D eigenvalue weighted by atomic mass is 19.1. The van der Waals surface area contributed by atoms with E-state index in [9.17, 15) is 9.50 Å². The van der Waals surface area contributed by atoms with Crippen molar-refractivity contribution in [2.45, 2.75) is 13.0 Å². The molecule has 0 aliphatic carbocycles. The Morgan fingerprint density at radius 2 is 1.90 bits per heavy atom. The maximum absolute atomic E-state index is 13.4. The first-order valence-electron chi connectivity index (χ1n) is 6.43. The quantitative estimate of drug-likeness (QED) is 0.879. The zero-order chi connectivity index (χ0) is 14.5. The number of anilines is 1. The van der Waals surface area contributed by atoms with Crippen LogP contribution in [0.2, 0.25) is 0 Å². The van der Waals surface area contributed by atoms with Crippen molar-refractivity contribution in [3.05, 3.63) is 59.4 Å². The van der Waals surface area contributed by atoms with E-state index in [4.69, 9.17) is 4.74 Å². The van der Waals surface area contributed by atoms with Crippen LogP contribution in [0, 0.1) is 12.7 Å². The molecule has 0 aliphatic heterocycles. The third-order valence-corrected chi connectivity index (χ3v) is 3.25. The minimum Gasteiger partial charge on any atom is -0.497 e. The molecule has 0 fully saturated rings. The molecule has 0 aliphatic rings. The molecule has 0 spiro atoms. The number of halogens is 1. The minimum atomic E-state index is -0.663. The summed E-state index contributed by atoms with van der Waals surface area (Å²) in [5.41, 5.74) is 2.03. The lowest BCUT2D eigenvalue weighted by atomic mass is 10.1. The molecule has 2 rings (SSSR count).